The Labute approximate surface area is 191 Å². The molecule has 34 heavy (non-hydrogen) atoms. The van der Waals surface area contributed by atoms with Gasteiger partial charge < -0.3 is 10.6 Å². The first-order chi connectivity index (χ1) is 15.7. The summed E-state index contributed by atoms with van der Waals surface area (Å²) in [5.41, 5.74) is 5.18. The topological polar surface area (TPSA) is 87.7 Å². The fraction of sp³-hybridized carbons (Fsp3) is 0.667. The molecule has 13 heteroatoms. The zero-order valence-electron chi connectivity index (χ0n) is 18.1. The normalized spacial score (nSPS) is 29.3. The van der Waals surface area contributed by atoms with Gasteiger partial charge in [0.05, 0.1) is 6.04 Å². The summed E-state index contributed by atoms with van der Waals surface area (Å²) in [6, 6.07) is 2.81. The quantitative estimate of drug-likeness (QED) is 0.544. The van der Waals surface area contributed by atoms with Crippen molar-refractivity contribution in [3.63, 3.8) is 0 Å². The molecule has 2 fully saturated rings. The van der Waals surface area contributed by atoms with E-state index < -0.39 is 54.3 Å². The van der Waals surface area contributed by atoms with E-state index in [1.54, 1.807) is 0 Å². The van der Waals surface area contributed by atoms with Crippen LogP contribution < -0.4 is 16.4 Å². The van der Waals surface area contributed by atoms with Crippen molar-refractivity contribution in [3.8, 4) is 0 Å². The number of nitrogens with one attached hydrogen (secondary N) is 2. The highest BCUT2D eigenvalue weighted by molar-refractivity contribution is 6.09. The van der Waals surface area contributed by atoms with Crippen LogP contribution in [0.15, 0.2) is 28.2 Å². The third kappa shape index (κ3) is 5.61. The number of aromatic nitrogens is 1. The maximum atomic E-state index is 13.7. The van der Waals surface area contributed by atoms with Gasteiger partial charge in [0.1, 0.15) is 11.4 Å². The zero-order valence-corrected chi connectivity index (χ0v) is 18.1. The highest BCUT2D eigenvalue weighted by atomic mass is 19.4. The molecule has 4 N–H and O–H groups in total. The number of aliphatic imine (C=N–C) groups is 2. The minimum absolute atomic E-state index is 0.0340. The van der Waals surface area contributed by atoms with Gasteiger partial charge in [0, 0.05) is 31.6 Å². The number of hydrogen-bond donors (Lipinski definition) is 3. The first kappa shape index (κ1) is 24.7. The number of rotatable bonds is 3. The van der Waals surface area contributed by atoms with E-state index in [4.69, 9.17) is 5.73 Å². The van der Waals surface area contributed by atoms with Crippen LogP contribution in [0.25, 0.3) is 0 Å². The van der Waals surface area contributed by atoms with Crippen LogP contribution in [0.5, 0.6) is 0 Å². The van der Waals surface area contributed by atoms with Gasteiger partial charge >= 0.3 is 6.18 Å². The molecule has 1 atom stereocenters. The van der Waals surface area contributed by atoms with Gasteiger partial charge in [0.25, 0.3) is 0 Å². The molecule has 2 saturated carbocycles. The first-order valence-electron chi connectivity index (χ1n) is 11.1. The predicted octanol–water partition coefficient (Wildman–Crippen LogP) is 4.41. The van der Waals surface area contributed by atoms with Crippen molar-refractivity contribution in [1.29, 1.82) is 0 Å². The van der Waals surface area contributed by atoms with Crippen LogP contribution in [0.2, 0.25) is 0 Å². The highest BCUT2D eigenvalue weighted by Crippen LogP contribution is 2.40. The molecule has 0 bridgehead atoms. The second-order valence-corrected chi connectivity index (χ2v) is 9.14. The Bertz CT molecular complexity index is 957. The maximum Gasteiger partial charge on any atom is 0.433 e. The summed E-state index contributed by atoms with van der Waals surface area (Å²) in [6.07, 6.45) is -5.87. The summed E-state index contributed by atoms with van der Waals surface area (Å²) in [5, 5.41) is 5.66. The molecule has 1 unspecified atom stereocenters. The number of guanidine groups is 1. The molecule has 1 aromatic heterocycles. The summed E-state index contributed by atoms with van der Waals surface area (Å²) in [4.78, 5) is 12.4. The smallest absolute Gasteiger partial charge is 0.319 e. The van der Waals surface area contributed by atoms with E-state index >= 15 is 0 Å². The second-order valence-electron chi connectivity index (χ2n) is 9.14. The highest BCUT2D eigenvalue weighted by Gasteiger charge is 2.46. The summed E-state index contributed by atoms with van der Waals surface area (Å²) >= 11 is 0. The fourth-order valence-electron chi connectivity index (χ4n) is 4.49. The van der Waals surface area contributed by atoms with Gasteiger partial charge in [-0.1, -0.05) is 6.07 Å². The van der Waals surface area contributed by atoms with E-state index in [0.717, 1.165) is 12.1 Å². The maximum absolute atomic E-state index is 13.7. The number of pyridine rings is 1. The molecule has 4 rings (SSSR count). The molecule has 2 aliphatic carbocycles. The standard InChI is InChI=1S/C21H25F7N6/c22-18(23)8-4-12(5-9-18)21(29)33-16(14-2-1-3-15(31-14)20(26,27)28)32-17(34-21)30-13-6-10-19(24,25)11-7-13/h1-3,12-13H,4-11,29H2,(H2,30,32,33,34). The summed E-state index contributed by atoms with van der Waals surface area (Å²) in [5.74, 6) is -7.84. The molecular weight excluding hydrogens is 469 g/mol. The van der Waals surface area contributed by atoms with Crippen molar-refractivity contribution in [2.24, 2.45) is 21.6 Å². The molecular formula is C21H25F7N6. The Hall–Kier alpha value is -2.44. The van der Waals surface area contributed by atoms with E-state index in [0.29, 0.717) is 0 Å². The molecule has 0 spiro atoms. The van der Waals surface area contributed by atoms with Gasteiger partial charge in [-0.3, -0.25) is 5.73 Å². The molecule has 188 valence electrons. The molecule has 1 aliphatic heterocycles. The van der Waals surface area contributed by atoms with Gasteiger partial charge in [0.15, 0.2) is 17.6 Å². The largest absolute Gasteiger partial charge is 0.433 e. The molecule has 2 heterocycles. The Balaban J connectivity index is 1.66. The minimum atomic E-state index is -4.69. The lowest BCUT2D eigenvalue weighted by Gasteiger charge is -2.42. The van der Waals surface area contributed by atoms with Crippen LogP contribution >= 0.6 is 0 Å². The van der Waals surface area contributed by atoms with Crippen molar-refractivity contribution in [3.05, 3.63) is 29.6 Å². The monoisotopic (exact) mass is 494 g/mol. The third-order valence-electron chi connectivity index (χ3n) is 6.47. The molecule has 0 aromatic carbocycles. The van der Waals surface area contributed by atoms with Crippen LogP contribution in [-0.2, 0) is 6.18 Å². The van der Waals surface area contributed by atoms with Crippen molar-refractivity contribution in [1.82, 2.24) is 15.6 Å². The van der Waals surface area contributed by atoms with E-state index in [9.17, 15) is 30.7 Å². The predicted molar refractivity (Wildman–Crippen MR) is 111 cm³/mol. The Morgan fingerprint density at radius 1 is 0.941 bits per heavy atom. The van der Waals surface area contributed by atoms with Crippen molar-refractivity contribution in [2.45, 2.75) is 81.2 Å². The summed E-state index contributed by atoms with van der Waals surface area (Å²) < 4.78 is 94.0. The number of nitrogens with zero attached hydrogens (tertiary/aromatic N) is 3. The molecule has 0 amide bonds. The van der Waals surface area contributed by atoms with Crippen LogP contribution in [-0.4, -0.2) is 40.5 Å². The molecule has 3 aliphatic rings. The van der Waals surface area contributed by atoms with Crippen molar-refractivity contribution in [2.75, 3.05) is 0 Å². The van der Waals surface area contributed by atoms with E-state index in [2.05, 4.69) is 25.6 Å². The van der Waals surface area contributed by atoms with Gasteiger partial charge in [-0.05, 0) is 37.8 Å². The van der Waals surface area contributed by atoms with Crippen molar-refractivity contribution < 1.29 is 30.7 Å². The Morgan fingerprint density at radius 3 is 2.12 bits per heavy atom. The molecule has 6 nitrogen and oxygen atoms in total. The third-order valence-corrected chi connectivity index (χ3v) is 6.47. The SMILES string of the molecule is NC1(C2CCC(F)(F)CC2)N=C(c2cccc(C(F)(F)F)n2)NC(=NC2CCC(F)(F)CC2)N1. The minimum Gasteiger partial charge on any atom is -0.319 e. The van der Waals surface area contributed by atoms with Crippen LogP contribution in [0.4, 0.5) is 30.7 Å². The number of alkyl halides is 7. The van der Waals surface area contributed by atoms with Crippen LogP contribution in [0.3, 0.4) is 0 Å². The molecule has 0 saturated heterocycles. The van der Waals surface area contributed by atoms with Crippen LogP contribution in [0.1, 0.15) is 62.8 Å². The van der Waals surface area contributed by atoms with Crippen molar-refractivity contribution >= 4 is 11.8 Å². The summed E-state index contributed by atoms with van der Waals surface area (Å²) in [7, 11) is 0. The Kier molecular flexibility index (Phi) is 6.28. The lowest BCUT2D eigenvalue weighted by Crippen LogP contribution is -2.67. The first-order valence-corrected chi connectivity index (χ1v) is 11.1. The number of amidine groups is 1. The average molecular weight is 494 g/mol. The lowest BCUT2D eigenvalue weighted by atomic mass is 9.82. The van der Waals surface area contributed by atoms with Gasteiger partial charge in [-0.2, -0.15) is 13.2 Å². The second kappa shape index (κ2) is 8.65. The number of halogens is 7. The van der Waals surface area contributed by atoms with Gasteiger partial charge in [-0.15, -0.1) is 0 Å². The average Bonchev–Trinajstić information content (AvgIpc) is 2.74. The van der Waals surface area contributed by atoms with E-state index in [-0.39, 0.29) is 56.0 Å². The van der Waals surface area contributed by atoms with Gasteiger partial charge in [-0.25, -0.2) is 32.5 Å². The number of nitrogens with two attached hydrogens (primary N) is 1. The van der Waals surface area contributed by atoms with Crippen LogP contribution in [0, 0.1) is 5.92 Å². The van der Waals surface area contributed by atoms with E-state index in [1.807, 2.05) is 0 Å². The summed E-state index contributed by atoms with van der Waals surface area (Å²) in [6.45, 7) is 0. The molecule has 1 aromatic rings. The Morgan fingerprint density at radius 2 is 1.53 bits per heavy atom. The molecule has 0 radical (unpaired) electrons. The number of hydrogen-bond acceptors (Lipinski definition) is 4. The van der Waals surface area contributed by atoms with E-state index in [1.165, 1.54) is 6.07 Å². The lowest BCUT2D eigenvalue weighted by molar-refractivity contribution is -0.141. The zero-order chi connectivity index (χ0) is 24.8. The van der Waals surface area contributed by atoms with Gasteiger partial charge in [0.2, 0.25) is 11.8 Å². The fourth-order valence-corrected chi connectivity index (χ4v) is 4.49.